The second-order valence-electron chi connectivity index (χ2n) is 7.39. The molecule has 0 bridgehead atoms. The third-order valence-corrected chi connectivity index (χ3v) is 5.15. The molecule has 0 unspecified atom stereocenters. The maximum absolute atomic E-state index is 13.0. The highest BCUT2D eigenvalue weighted by Gasteiger charge is 2.13. The summed E-state index contributed by atoms with van der Waals surface area (Å²) in [5.74, 6) is -0.330. The quantitative estimate of drug-likeness (QED) is 0.349. The number of carboxylic acids is 1. The van der Waals surface area contributed by atoms with Crippen LogP contribution in [0.25, 0.3) is 22.1 Å². The lowest BCUT2D eigenvalue weighted by molar-refractivity contribution is -0.257. The van der Waals surface area contributed by atoms with Crippen LogP contribution in [0.3, 0.4) is 0 Å². The van der Waals surface area contributed by atoms with Crippen molar-refractivity contribution in [2.24, 2.45) is 0 Å². The molecule has 0 saturated heterocycles. The van der Waals surface area contributed by atoms with E-state index < -0.39 is 5.97 Å². The molecule has 3 aromatic carbocycles. The summed E-state index contributed by atoms with van der Waals surface area (Å²) in [5.41, 5.74) is 1.82. The zero-order valence-electron chi connectivity index (χ0n) is 17.7. The van der Waals surface area contributed by atoms with Crippen LogP contribution in [-0.2, 0) is 6.61 Å². The molecule has 7 nitrogen and oxygen atoms in total. The van der Waals surface area contributed by atoms with Gasteiger partial charge in [-0.15, -0.1) is 0 Å². The van der Waals surface area contributed by atoms with Gasteiger partial charge in [-0.05, 0) is 35.9 Å². The number of rotatable bonds is 7. The van der Waals surface area contributed by atoms with E-state index in [-0.39, 0.29) is 23.5 Å². The maximum atomic E-state index is 13.0. The maximum Gasteiger partial charge on any atom is 0.235 e. The Morgan fingerprint density at radius 1 is 0.882 bits per heavy atom. The minimum atomic E-state index is -1.40. The molecule has 0 fully saturated rings. The van der Waals surface area contributed by atoms with Gasteiger partial charge in [0.15, 0.2) is 0 Å². The smallest absolute Gasteiger partial charge is 0.235 e. The van der Waals surface area contributed by atoms with Crippen molar-refractivity contribution in [3.8, 4) is 28.4 Å². The van der Waals surface area contributed by atoms with E-state index >= 15 is 0 Å². The first-order valence-corrected chi connectivity index (χ1v) is 10.4. The number of fused-ring (bicyclic) bond motifs is 1. The standard InChI is InChI=1S/C27H18O7/c28-26-21-12-10-18(31-15-19-11-13-23(33-19)27(29)30)14-24(21)32-16-25(26)34-22-9-5-4-8-20(22)17-6-2-1-3-7-17/h1-14,16H,15H2,(H,29,30)/p-1. The fraction of sp³-hybridized carbons (Fsp3) is 0.0370. The van der Waals surface area contributed by atoms with Crippen LogP contribution < -0.4 is 20.0 Å². The normalized spacial score (nSPS) is 10.8. The van der Waals surface area contributed by atoms with Crippen molar-refractivity contribution >= 4 is 16.9 Å². The molecule has 7 heteroatoms. The van der Waals surface area contributed by atoms with Crippen molar-refractivity contribution in [1.82, 2.24) is 0 Å². The molecule has 0 amide bonds. The van der Waals surface area contributed by atoms with Crippen LogP contribution >= 0.6 is 0 Å². The number of hydrogen-bond acceptors (Lipinski definition) is 7. The van der Waals surface area contributed by atoms with Crippen molar-refractivity contribution in [3.05, 3.63) is 113 Å². The highest BCUT2D eigenvalue weighted by atomic mass is 16.5. The van der Waals surface area contributed by atoms with Gasteiger partial charge in [0.1, 0.15) is 47.4 Å². The molecule has 2 heterocycles. The molecule has 5 aromatic rings. The van der Waals surface area contributed by atoms with Gasteiger partial charge in [0.05, 0.1) is 5.39 Å². The molecule has 0 N–H and O–H groups in total. The Labute approximate surface area is 193 Å². The lowest BCUT2D eigenvalue weighted by atomic mass is 10.1. The number of aromatic carboxylic acids is 1. The van der Waals surface area contributed by atoms with Crippen LogP contribution in [0.15, 0.2) is 105 Å². The fourth-order valence-corrected chi connectivity index (χ4v) is 3.50. The van der Waals surface area contributed by atoms with Gasteiger partial charge in [-0.2, -0.15) is 0 Å². The number of carbonyl (C=O) groups excluding carboxylic acids is 1. The fourth-order valence-electron chi connectivity index (χ4n) is 3.50. The summed E-state index contributed by atoms with van der Waals surface area (Å²) in [6.45, 7) is 0.000480. The topological polar surface area (TPSA) is 102 Å². The van der Waals surface area contributed by atoms with Gasteiger partial charge in [0.2, 0.25) is 11.2 Å². The van der Waals surface area contributed by atoms with Gasteiger partial charge >= 0.3 is 0 Å². The Balaban J connectivity index is 1.38. The third kappa shape index (κ3) is 4.27. The molecule has 5 rings (SSSR count). The largest absolute Gasteiger partial charge is 0.542 e. The Morgan fingerprint density at radius 2 is 1.68 bits per heavy atom. The van der Waals surface area contributed by atoms with Crippen LogP contribution in [-0.4, -0.2) is 5.97 Å². The first-order valence-electron chi connectivity index (χ1n) is 10.4. The molecule has 168 valence electrons. The molecule has 0 saturated carbocycles. The molecule has 2 aromatic heterocycles. The minimum Gasteiger partial charge on any atom is -0.542 e. The second kappa shape index (κ2) is 8.99. The Kier molecular flexibility index (Phi) is 5.58. The van der Waals surface area contributed by atoms with E-state index in [1.807, 2.05) is 48.5 Å². The summed E-state index contributed by atoms with van der Waals surface area (Å²) in [5, 5.41) is 11.1. The summed E-state index contributed by atoms with van der Waals surface area (Å²) in [7, 11) is 0. The van der Waals surface area contributed by atoms with Crippen LogP contribution in [0.5, 0.6) is 17.2 Å². The predicted octanol–water partition coefficient (Wildman–Crippen LogP) is 4.79. The number of hydrogen-bond donors (Lipinski definition) is 0. The van der Waals surface area contributed by atoms with Crippen molar-refractivity contribution in [1.29, 1.82) is 0 Å². The number of para-hydroxylation sites is 1. The van der Waals surface area contributed by atoms with Crippen molar-refractivity contribution < 1.29 is 28.2 Å². The van der Waals surface area contributed by atoms with Crippen LogP contribution in [0.1, 0.15) is 16.3 Å². The van der Waals surface area contributed by atoms with Gasteiger partial charge in [-0.25, -0.2) is 0 Å². The molecule has 0 radical (unpaired) electrons. The lowest BCUT2D eigenvalue weighted by Gasteiger charge is -2.11. The molecule has 0 atom stereocenters. The van der Waals surface area contributed by atoms with E-state index in [0.29, 0.717) is 28.2 Å². The summed E-state index contributed by atoms with van der Waals surface area (Å²) in [4.78, 5) is 23.8. The van der Waals surface area contributed by atoms with Crippen molar-refractivity contribution in [3.63, 3.8) is 0 Å². The zero-order chi connectivity index (χ0) is 23.5. The number of carboxylic acid groups (broad SMARTS) is 1. The van der Waals surface area contributed by atoms with E-state index in [1.54, 1.807) is 24.3 Å². The van der Waals surface area contributed by atoms with Crippen LogP contribution in [0.4, 0.5) is 0 Å². The van der Waals surface area contributed by atoms with E-state index in [1.165, 1.54) is 18.4 Å². The monoisotopic (exact) mass is 453 g/mol. The number of carbonyl (C=O) groups is 1. The van der Waals surface area contributed by atoms with E-state index in [2.05, 4.69) is 0 Å². The Morgan fingerprint density at radius 3 is 2.47 bits per heavy atom. The van der Waals surface area contributed by atoms with Crippen molar-refractivity contribution in [2.75, 3.05) is 0 Å². The van der Waals surface area contributed by atoms with E-state index in [4.69, 9.17) is 18.3 Å². The molecule has 0 aliphatic rings. The Hall–Kier alpha value is -4.78. The van der Waals surface area contributed by atoms with Crippen LogP contribution in [0.2, 0.25) is 0 Å². The van der Waals surface area contributed by atoms with E-state index in [9.17, 15) is 14.7 Å². The summed E-state index contributed by atoms with van der Waals surface area (Å²) in [6.07, 6.45) is 1.27. The van der Waals surface area contributed by atoms with E-state index in [0.717, 1.165) is 11.1 Å². The van der Waals surface area contributed by atoms with Gasteiger partial charge in [0, 0.05) is 11.6 Å². The van der Waals surface area contributed by atoms with Gasteiger partial charge in [0.25, 0.3) is 0 Å². The Bertz CT molecular complexity index is 1530. The van der Waals surface area contributed by atoms with Gasteiger partial charge in [-0.3, -0.25) is 4.79 Å². The number of furan rings is 1. The lowest BCUT2D eigenvalue weighted by Crippen LogP contribution is -2.21. The molecular weight excluding hydrogens is 436 g/mol. The number of benzene rings is 3. The minimum absolute atomic E-state index is 0.000480. The zero-order valence-corrected chi connectivity index (χ0v) is 17.7. The second-order valence-corrected chi connectivity index (χ2v) is 7.39. The van der Waals surface area contributed by atoms with Gasteiger partial charge in [-0.1, -0.05) is 48.5 Å². The average molecular weight is 453 g/mol. The van der Waals surface area contributed by atoms with Crippen LogP contribution in [0, 0.1) is 0 Å². The molecule has 0 aliphatic heterocycles. The summed E-state index contributed by atoms with van der Waals surface area (Å²) in [6, 6.07) is 24.8. The van der Waals surface area contributed by atoms with Crippen molar-refractivity contribution in [2.45, 2.75) is 6.61 Å². The summed E-state index contributed by atoms with van der Waals surface area (Å²) >= 11 is 0. The predicted molar refractivity (Wildman–Crippen MR) is 122 cm³/mol. The number of ether oxygens (including phenoxy) is 2. The summed E-state index contributed by atoms with van der Waals surface area (Å²) < 4.78 is 22.3. The average Bonchev–Trinajstić information content (AvgIpc) is 3.35. The highest BCUT2D eigenvalue weighted by molar-refractivity contribution is 5.82. The first kappa shape index (κ1) is 21.1. The first-order chi connectivity index (χ1) is 16.6. The SMILES string of the molecule is O=C([O-])c1ccc(COc2ccc3c(=O)c(Oc4ccccc4-c4ccccc4)coc3c2)o1. The molecule has 0 spiro atoms. The highest BCUT2D eigenvalue weighted by Crippen LogP contribution is 2.33. The molecule has 0 aliphatic carbocycles. The molecular formula is C27H17O7-. The third-order valence-electron chi connectivity index (χ3n) is 5.15. The van der Waals surface area contributed by atoms with Gasteiger partial charge < -0.3 is 28.2 Å². The molecule has 34 heavy (non-hydrogen) atoms.